The van der Waals surface area contributed by atoms with Crippen LogP contribution in [0.15, 0.2) is 65.7 Å². The topological polar surface area (TPSA) is 73.2 Å². The summed E-state index contributed by atoms with van der Waals surface area (Å²) in [4.78, 5) is 28.9. The molecule has 1 amide bonds. The summed E-state index contributed by atoms with van der Waals surface area (Å²) in [7, 11) is 1.57. The van der Waals surface area contributed by atoms with Crippen molar-refractivity contribution in [3.8, 4) is 17.0 Å². The number of anilines is 1. The first kappa shape index (κ1) is 17.4. The summed E-state index contributed by atoms with van der Waals surface area (Å²) < 4.78 is 6.57. The van der Waals surface area contributed by atoms with Crippen molar-refractivity contribution in [2.75, 3.05) is 12.4 Å². The van der Waals surface area contributed by atoms with Gasteiger partial charge in [0.05, 0.1) is 19.1 Å². The van der Waals surface area contributed by atoms with Gasteiger partial charge in [-0.25, -0.2) is 4.98 Å². The summed E-state index contributed by atoms with van der Waals surface area (Å²) in [6.45, 7) is 1.80. The maximum atomic E-state index is 12.4. The van der Waals surface area contributed by atoms with Crippen molar-refractivity contribution < 1.29 is 9.53 Å². The number of aryl methyl sites for hydroxylation is 1. The number of ether oxygens (including phenoxy) is 1. The highest BCUT2D eigenvalue weighted by Gasteiger charge is 2.10. The molecule has 0 fully saturated rings. The minimum atomic E-state index is -0.305. The van der Waals surface area contributed by atoms with Gasteiger partial charge < -0.3 is 10.1 Å². The largest absolute Gasteiger partial charge is 0.496 e. The lowest BCUT2D eigenvalue weighted by Crippen LogP contribution is -2.27. The van der Waals surface area contributed by atoms with Crippen LogP contribution in [-0.4, -0.2) is 22.6 Å². The predicted molar refractivity (Wildman–Crippen MR) is 100 cm³/mol. The minimum absolute atomic E-state index is 0.105. The molecule has 0 atom stereocenters. The van der Waals surface area contributed by atoms with Crippen LogP contribution in [0.1, 0.15) is 5.56 Å². The average Bonchev–Trinajstić information content (AvgIpc) is 2.65. The molecule has 0 saturated carbocycles. The van der Waals surface area contributed by atoms with Crippen molar-refractivity contribution >= 4 is 11.6 Å². The number of para-hydroxylation sites is 2. The van der Waals surface area contributed by atoms with Gasteiger partial charge in [-0.1, -0.05) is 30.3 Å². The number of benzene rings is 2. The molecule has 0 aliphatic heterocycles. The van der Waals surface area contributed by atoms with E-state index in [2.05, 4.69) is 10.3 Å². The lowest BCUT2D eigenvalue weighted by molar-refractivity contribution is -0.116. The highest BCUT2D eigenvalue weighted by Crippen LogP contribution is 2.26. The maximum Gasteiger partial charge on any atom is 0.254 e. The normalized spacial score (nSPS) is 10.4. The molecular formula is C20H19N3O3. The van der Waals surface area contributed by atoms with Gasteiger partial charge in [0.2, 0.25) is 5.91 Å². The summed E-state index contributed by atoms with van der Waals surface area (Å²) in [6, 6.07) is 16.2. The number of hydrogen-bond acceptors (Lipinski definition) is 4. The maximum absolute atomic E-state index is 12.4. The number of methoxy groups -OCH3 is 1. The fourth-order valence-electron chi connectivity index (χ4n) is 2.61. The van der Waals surface area contributed by atoms with Gasteiger partial charge in [-0.3, -0.25) is 14.2 Å². The summed E-state index contributed by atoms with van der Waals surface area (Å²) >= 11 is 0. The Balaban J connectivity index is 1.79. The van der Waals surface area contributed by atoms with Crippen LogP contribution in [0.4, 0.5) is 5.69 Å². The fraction of sp³-hybridized carbons (Fsp3) is 0.150. The third-order valence-electron chi connectivity index (χ3n) is 4.00. The molecule has 0 unspecified atom stereocenters. The average molecular weight is 349 g/mol. The lowest BCUT2D eigenvalue weighted by atomic mass is 10.1. The molecule has 0 aliphatic carbocycles. The Morgan fingerprint density at radius 3 is 2.62 bits per heavy atom. The Kier molecular flexibility index (Phi) is 5.12. The lowest BCUT2D eigenvalue weighted by Gasteiger charge is -2.10. The van der Waals surface area contributed by atoms with E-state index in [1.54, 1.807) is 13.2 Å². The van der Waals surface area contributed by atoms with Crippen LogP contribution in [0.25, 0.3) is 11.3 Å². The first-order valence-electron chi connectivity index (χ1n) is 8.14. The second-order valence-electron chi connectivity index (χ2n) is 5.80. The van der Waals surface area contributed by atoms with Crippen LogP contribution in [0, 0.1) is 6.92 Å². The quantitative estimate of drug-likeness (QED) is 0.769. The molecule has 0 bridgehead atoms. The highest BCUT2D eigenvalue weighted by molar-refractivity contribution is 5.91. The predicted octanol–water partition coefficient (Wildman–Crippen LogP) is 2.87. The number of carbonyl (C=O) groups is 1. The van der Waals surface area contributed by atoms with Gasteiger partial charge in [0.25, 0.3) is 5.56 Å². The van der Waals surface area contributed by atoms with E-state index in [9.17, 15) is 9.59 Å². The van der Waals surface area contributed by atoms with Crippen molar-refractivity contribution in [3.05, 3.63) is 76.8 Å². The van der Waals surface area contributed by atoms with Gasteiger partial charge in [0.1, 0.15) is 12.3 Å². The third-order valence-corrected chi connectivity index (χ3v) is 4.00. The number of carbonyl (C=O) groups excluding carboxylic acids is 1. The Morgan fingerprint density at radius 1 is 1.15 bits per heavy atom. The van der Waals surface area contributed by atoms with Gasteiger partial charge in [-0.2, -0.15) is 0 Å². The third kappa shape index (κ3) is 3.80. The van der Waals surface area contributed by atoms with Crippen LogP contribution in [-0.2, 0) is 11.3 Å². The molecule has 6 heteroatoms. The van der Waals surface area contributed by atoms with Gasteiger partial charge >= 0.3 is 0 Å². The molecule has 3 rings (SSSR count). The Labute approximate surface area is 151 Å². The molecule has 1 heterocycles. The second-order valence-corrected chi connectivity index (χ2v) is 5.80. The highest BCUT2D eigenvalue weighted by atomic mass is 16.5. The van der Waals surface area contributed by atoms with Gasteiger partial charge in [0.15, 0.2) is 0 Å². The first-order valence-corrected chi connectivity index (χ1v) is 8.14. The van der Waals surface area contributed by atoms with E-state index in [1.807, 2.05) is 49.4 Å². The molecule has 3 aromatic rings. The van der Waals surface area contributed by atoms with Crippen LogP contribution in [0.5, 0.6) is 5.75 Å². The van der Waals surface area contributed by atoms with Crippen LogP contribution in [0.2, 0.25) is 0 Å². The zero-order chi connectivity index (χ0) is 18.5. The zero-order valence-electron chi connectivity index (χ0n) is 14.6. The molecule has 1 aromatic heterocycles. The number of nitrogens with one attached hydrogen (secondary N) is 1. The van der Waals surface area contributed by atoms with E-state index in [1.165, 1.54) is 17.0 Å². The Morgan fingerprint density at radius 2 is 1.88 bits per heavy atom. The summed E-state index contributed by atoms with van der Waals surface area (Å²) in [6.07, 6.45) is 1.38. The molecule has 132 valence electrons. The fourth-order valence-corrected chi connectivity index (χ4v) is 2.61. The molecular weight excluding hydrogens is 330 g/mol. The van der Waals surface area contributed by atoms with Crippen molar-refractivity contribution in [2.45, 2.75) is 13.5 Å². The van der Waals surface area contributed by atoms with Crippen LogP contribution < -0.4 is 15.6 Å². The molecule has 0 radical (unpaired) electrons. The smallest absolute Gasteiger partial charge is 0.254 e. The summed E-state index contributed by atoms with van der Waals surface area (Å²) in [5.41, 5.74) is 2.61. The van der Waals surface area contributed by atoms with Crippen molar-refractivity contribution in [1.29, 1.82) is 0 Å². The molecule has 6 nitrogen and oxygen atoms in total. The van der Waals surface area contributed by atoms with E-state index in [-0.39, 0.29) is 18.0 Å². The summed E-state index contributed by atoms with van der Waals surface area (Å²) in [5, 5.41) is 2.80. The van der Waals surface area contributed by atoms with E-state index in [0.717, 1.165) is 16.8 Å². The Bertz CT molecular complexity index is 995. The van der Waals surface area contributed by atoms with E-state index in [4.69, 9.17) is 4.74 Å². The van der Waals surface area contributed by atoms with Crippen LogP contribution >= 0.6 is 0 Å². The standard InChI is InChI=1S/C20H19N3O3/c1-14-7-3-5-9-16(14)22-19(24)12-23-13-21-17(11-20(23)25)15-8-4-6-10-18(15)26-2/h3-11,13H,12H2,1-2H3,(H,22,24). The number of nitrogens with zero attached hydrogens (tertiary/aromatic N) is 2. The molecule has 0 aliphatic rings. The van der Waals surface area contributed by atoms with E-state index < -0.39 is 0 Å². The molecule has 0 spiro atoms. The molecule has 26 heavy (non-hydrogen) atoms. The number of rotatable bonds is 5. The van der Waals surface area contributed by atoms with Gasteiger partial charge in [0, 0.05) is 17.3 Å². The van der Waals surface area contributed by atoms with Crippen molar-refractivity contribution in [2.24, 2.45) is 0 Å². The number of amides is 1. The molecule has 2 aromatic carbocycles. The second kappa shape index (κ2) is 7.65. The van der Waals surface area contributed by atoms with Gasteiger partial charge in [-0.05, 0) is 30.7 Å². The van der Waals surface area contributed by atoms with E-state index in [0.29, 0.717) is 11.4 Å². The van der Waals surface area contributed by atoms with Crippen molar-refractivity contribution in [3.63, 3.8) is 0 Å². The number of aromatic nitrogens is 2. The van der Waals surface area contributed by atoms with Crippen LogP contribution in [0.3, 0.4) is 0 Å². The minimum Gasteiger partial charge on any atom is -0.496 e. The molecule has 0 saturated heterocycles. The SMILES string of the molecule is COc1ccccc1-c1cc(=O)n(CC(=O)Nc2ccccc2C)cn1. The molecule has 1 N–H and O–H groups in total. The number of hydrogen-bond donors (Lipinski definition) is 1. The van der Waals surface area contributed by atoms with Gasteiger partial charge in [-0.15, -0.1) is 0 Å². The first-order chi connectivity index (χ1) is 12.6. The monoisotopic (exact) mass is 349 g/mol. The summed E-state index contributed by atoms with van der Waals surface area (Å²) in [5.74, 6) is 0.350. The zero-order valence-corrected chi connectivity index (χ0v) is 14.6. The Hall–Kier alpha value is -3.41. The van der Waals surface area contributed by atoms with E-state index >= 15 is 0 Å². The van der Waals surface area contributed by atoms with Crippen molar-refractivity contribution in [1.82, 2.24) is 9.55 Å².